The van der Waals surface area contributed by atoms with Gasteiger partial charge in [-0.1, -0.05) is 78.3 Å². The van der Waals surface area contributed by atoms with Crippen molar-refractivity contribution in [1.82, 2.24) is 0 Å². The van der Waals surface area contributed by atoms with Crippen LogP contribution < -0.4 is 5.32 Å². The molecule has 3 aromatic carbocycles. The summed E-state index contributed by atoms with van der Waals surface area (Å²) < 4.78 is 66.6. The van der Waals surface area contributed by atoms with Crippen LogP contribution in [-0.4, -0.2) is 110 Å². The maximum Gasteiger partial charge on any atom is 0.310 e. The van der Waals surface area contributed by atoms with Crippen molar-refractivity contribution in [3.05, 3.63) is 101 Å². The van der Waals surface area contributed by atoms with Crippen molar-refractivity contribution in [1.29, 1.82) is 0 Å². The van der Waals surface area contributed by atoms with E-state index >= 15 is 0 Å². The fourth-order valence-electron chi connectivity index (χ4n) is 7.30. The molecule has 3 heterocycles. The first-order chi connectivity index (χ1) is 30.1. The molecule has 3 fully saturated rings. The highest BCUT2D eigenvalue weighted by molar-refractivity contribution is 6.33. The third kappa shape index (κ3) is 12.8. The summed E-state index contributed by atoms with van der Waals surface area (Å²) in [5, 5.41) is 2.89. The summed E-state index contributed by atoms with van der Waals surface area (Å²) in [6.07, 6.45) is -15.1. The summed E-state index contributed by atoms with van der Waals surface area (Å²) in [5.74, 6) is -4.25. The van der Waals surface area contributed by atoms with Gasteiger partial charge in [-0.05, 0) is 23.3 Å². The second-order valence-corrected chi connectivity index (χ2v) is 15.2. The minimum Gasteiger partial charge on any atom is -0.463 e. The summed E-state index contributed by atoms with van der Waals surface area (Å²) in [6, 6.07) is 22.5. The second kappa shape index (κ2) is 21.7. The van der Waals surface area contributed by atoms with E-state index in [-0.39, 0.29) is 30.6 Å². The summed E-state index contributed by atoms with van der Waals surface area (Å²) in [4.78, 5) is 76.1. The summed E-state index contributed by atoms with van der Waals surface area (Å²) in [6.45, 7) is 4.98. The molecule has 3 aliphatic heterocycles. The van der Waals surface area contributed by atoms with Crippen LogP contribution in [0.15, 0.2) is 78.9 Å². The number of halogens is 1. The quantitative estimate of drug-likeness (QED) is 0.166. The van der Waals surface area contributed by atoms with Crippen LogP contribution in [0, 0.1) is 0 Å². The Morgan fingerprint density at radius 3 is 1.90 bits per heavy atom. The lowest BCUT2D eigenvalue weighted by atomic mass is 9.95. The first-order valence-corrected chi connectivity index (χ1v) is 20.4. The van der Waals surface area contributed by atoms with Crippen LogP contribution in [0.4, 0.5) is 5.69 Å². The minimum atomic E-state index is -1.63. The molecule has 0 aromatic heterocycles. The zero-order valence-corrected chi connectivity index (χ0v) is 35.8. The van der Waals surface area contributed by atoms with Gasteiger partial charge in [0.05, 0.1) is 30.3 Å². The third-order valence-electron chi connectivity index (χ3n) is 9.80. The van der Waals surface area contributed by atoms with Crippen LogP contribution in [0.1, 0.15) is 57.6 Å². The van der Waals surface area contributed by atoms with Gasteiger partial charge >= 0.3 is 29.8 Å². The SMILES string of the molecule is CC(=O)Nc1cc(CO[C@@H]2O[C@H](COC(=O)Cc3ccccc3)[C@@H](O[C@H]3O[C@@H]4CO[C@@H](c5ccccc5)O[C@H]4[C@H](OC(C)=O)[C@H]3OC(C)=O)[C@H](OC(C)=O)[C@H]2OC(C)=O)ccc1Cl. The lowest BCUT2D eigenvalue weighted by Gasteiger charge is -2.50. The van der Waals surface area contributed by atoms with Gasteiger partial charge in [0, 0.05) is 40.2 Å². The number of carbonyl (C=O) groups excluding carboxylic acids is 6. The Bertz CT molecular complexity index is 2090. The highest BCUT2D eigenvalue weighted by Gasteiger charge is 2.58. The smallest absolute Gasteiger partial charge is 0.310 e. The minimum absolute atomic E-state index is 0.107. The molecule has 6 rings (SSSR count). The number of ether oxygens (including phenoxy) is 11. The van der Waals surface area contributed by atoms with E-state index in [1.165, 1.54) is 13.8 Å². The van der Waals surface area contributed by atoms with E-state index < -0.39 is 104 Å². The monoisotopic (exact) mass is 897 g/mol. The molecule has 0 saturated carbocycles. The number of hydrogen-bond donors (Lipinski definition) is 1. The predicted octanol–water partition coefficient (Wildman–Crippen LogP) is 4.28. The van der Waals surface area contributed by atoms with Crippen molar-refractivity contribution < 1.29 is 80.9 Å². The molecule has 1 N–H and O–H groups in total. The summed E-state index contributed by atoms with van der Waals surface area (Å²) in [7, 11) is 0. The molecule has 0 spiro atoms. The van der Waals surface area contributed by atoms with Gasteiger partial charge in [-0.2, -0.15) is 0 Å². The highest BCUT2D eigenvalue weighted by atomic mass is 35.5. The fourth-order valence-corrected chi connectivity index (χ4v) is 7.47. The van der Waals surface area contributed by atoms with Crippen molar-refractivity contribution in [2.24, 2.45) is 0 Å². The molecule has 3 aliphatic rings. The van der Waals surface area contributed by atoms with Gasteiger partial charge in [0.25, 0.3) is 0 Å². The Balaban J connectivity index is 1.35. The van der Waals surface area contributed by atoms with Gasteiger partial charge in [0.2, 0.25) is 5.91 Å². The standard InChI is InChI=1S/C44H48ClNO17/c1-23(47)46-32-18-29(16-17-31(32)45)20-54-43-40(58-26(4)50)38(56-24(2)48)37(33(60-43)21-53-35(52)19-28-12-8-6-9-13-28)63-44-41(59-27(5)51)39(57-25(3)49)36-34(61-44)22-55-42(62-36)30-14-10-7-11-15-30/h6-18,33-34,36-44H,19-22H2,1-5H3,(H,46,47)/t33-,34-,36-,37-,38+,39+,40-,41-,42-,43-,44-/m1/s1. The van der Waals surface area contributed by atoms with E-state index in [4.69, 9.17) is 63.7 Å². The van der Waals surface area contributed by atoms with Crippen molar-refractivity contribution in [2.45, 2.75) is 115 Å². The van der Waals surface area contributed by atoms with Crippen molar-refractivity contribution in [3.8, 4) is 0 Å². The first kappa shape index (κ1) is 47.0. The van der Waals surface area contributed by atoms with Crippen LogP contribution in [0.2, 0.25) is 5.02 Å². The van der Waals surface area contributed by atoms with Crippen LogP contribution >= 0.6 is 11.6 Å². The lowest BCUT2D eigenvalue weighted by molar-refractivity contribution is -0.386. The predicted molar refractivity (Wildman–Crippen MR) is 216 cm³/mol. The Labute approximate surface area is 367 Å². The molecule has 3 aromatic rings. The molecule has 0 radical (unpaired) electrons. The van der Waals surface area contributed by atoms with E-state index in [1.807, 2.05) is 6.07 Å². The molecule has 18 nitrogen and oxygen atoms in total. The molecule has 11 atom stereocenters. The maximum absolute atomic E-state index is 13.3. The number of anilines is 1. The van der Waals surface area contributed by atoms with Gasteiger partial charge in [-0.3, -0.25) is 28.8 Å². The molecule has 0 bridgehead atoms. The number of hydrogen-bond acceptors (Lipinski definition) is 17. The number of carbonyl (C=O) groups is 6. The fraction of sp³-hybridized carbons (Fsp3) is 0.455. The Morgan fingerprint density at radius 2 is 1.27 bits per heavy atom. The molecule has 338 valence electrons. The molecule has 0 aliphatic carbocycles. The molecule has 63 heavy (non-hydrogen) atoms. The third-order valence-corrected chi connectivity index (χ3v) is 10.1. The Hall–Kier alpha value is -5.47. The first-order valence-electron chi connectivity index (χ1n) is 20.0. The lowest BCUT2D eigenvalue weighted by Crippen LogP contribution is -2.67. The van der Waals surface area contributed by atoms with Crippen LogP contribution in [0.5, 0.6) is 0 Å². The van der Waals surface area contributed by atoms with Crippen LogP contribution in [0.25, 0.3) is 0 Å². The average molecular weight is 898 g/mol. The summed E-state index contributed by atoms with van der Waals surface area (Å²) in [5.41, 5.74) is 2.12. The molecule has 0 unspecified atom stereocenters. The van der Waals surface area contributed by atoms with Crippen molar-refractivity contribution in [3.63, 3.8) is 0 Å². The van der Waals surface area contributed by atoms with Gasteiger partial charge in [-0.25, -0.2) is 0 Å². The molecular weight excluding hydrogens is 850 g/mol. The second-order valence-electron chi connectivity index (χ2n) is 14.8. The molecule has 19 heteroatoms. The van der Waals surface area contributed by atoms with Crippen molar-refractivity contribution in [2.75, 3.05) is 18.5 Å². The number of amides is 1. The normalized spacial score (nSPS) is 27.7. The highest BCUT2D eigenvalue weighted by Crippen LogP contribution is 2.39. The molecular formula is C44H48ClNO17. The zero-order valence-electron chi connectivity index (χ0n) is 35.0. The van der Waals surface area contributed by atoms with E-state index in [2.05, 4.69) is 5.32 Å². The van der Waals surface area contributed by atoms with Gasteiger partial charge in [0.15, 0.2) is 43.3 Å². The number of nitrogens with one attached hydrogen (secondary N) is 1. The summed E-state index contributed by atoms with van der Waals surface area (Å²) >= 11 is 6.29. The molecule has 3 saturated heterocycles. The van der Waals surface area contributed by atoms with E-state index in [1.54, 1.807) is 72.8 Å². The van der Waals surface area contributed by atoms with Crippen molar-refractivity contribution >= 4 is 53.0 Å². The number of rotatable bonds is 15. The van der Waals surface area contributed by atoms with E-state index in [0.717, 1.165) is 20.8 Å². The topological polar surface area (TPSA) is 216 Å². The average Bonchev–Trinajstić information content (AvgIpc) is 3.23. The maximum atomic E-state index is 13.3. The Morgan fingerprint density at radius 1 is 0.667 bits per heavy atom. The number of fused-ring (bicyclic) bond motifs is 1. The van der Waals surface area contributed by atoms with E-state index in [9.17, 15) is 28.8 Å². The van der Waals surface area contributed by atoms with Crippen LogP contribution in [0.3, 0.4) is 0 Å². The van der Waals surface area contributed by atoms with Gasteiger partial charge in [0.1, 0.15) is 31.0 Å². The van der Waals surface area contributed by atoms with Gasteiger partial charge in [-0.15, -0.1) is 0 Å². The largest absolute Gasteiger partial charge is 0.463 e. The van der Waals surface area contributed by atoms with E-state index in [0.29, 0.717) is 22.4 Å². The number of benzene rings is 3. The van der Waals surface area contributed by atoms with Crippen LogP contribution in [-0.2, 0) is 93.9 Å². The number of esters is 5. The zero-order chi connectivity index (χ0) is 45.2. The van der Waals surface area contributed by atoms with Gasteiger partial charge < -0.3 is 57.4 Å². The molecule has 1 amide bonds. The Kier molecular flexibility index (Phi) is 16.2.